The van der Waals surface area contributed by atoms with Gasteiger partial charge in [0.1, 0.15) is 17.3 Å². The van der Waals surface area contributed by atoms with Gasteiger partial charge in [0.15, 0.2) is 5.82 Å². The highest BCUT2D eigenvalue weighted by Crippen LogP contribution is 2.17. The van der Waals surface area contributed by atoms with Crippen molar-refractivity contribution in [1.82, 2.24) is 29.6 Å². The summed E-state index contributed by atoms with van der Waals surface area (Å²) in [5, 5.41) is 9.38. The van der Waals surface area contributed by atoms with Crippen LogP contribution < -0.4 is 10.6 Å². The van der Waals surface area contributed by atoms with E-state index < -0.39 is 11.8 Å². The first kappa shape index (κ1) is 18.4. The van der Waals surface area contributed by atoms with E-state index in [4.69, 9.17) is 0 Å². The maximum absolute atomic E-state index is 14.3. The molecular formula is C20H18FN7O. The number of nitrogens with one attached hydrogen (secondary N) is 2. The highest BCUT2D eigenvalue weighted by molar-refractivity contribution is 5.89. The number of carbonyl (C=O) groups is 1. The van der Waals surface area contributed by atoms with Crippen molar-refractivity contribution in [3.05, 3.63) is 84.6 Å². The highest BCUT2D eigenvalue weighted by atomic mass is 19.1. The van der Waals surface area contributed by atoms with Gasteiger partial charge in [-0.3, -0.25) is 4.57 Å². The molecule has 0 bridgehead atoms. The molecule has 0 spiro atoms. The fourth-order valence-corrected chi connectivity index (χ4v) is 2.86. The van der Waals surface area contributed by atoms with E-state index in [9.17, 15) is 9.18 Å². The molecule has 3 aromatic heterocycles. The summed E-state index contributed by atoms with van der Waals surface area (Å²) < 4.78 is 17.6. The molecule has 29 heavy (non-hydrogen) atoms. The van der Waals surface area contributed by atoms with Crippen LogP contribution in [0.25, 0.3) is 11.5 Å². The van der Waals surface area contributed by atoms with Crippen LogP contribution in [0.4, 0.5) is 14.9 Å². The van der Waals surface area contributed by atoms with Crippen molar-refractivity contribution < 1.29 is 9.18 Å². The lowest BCUT2D eigenvalue weighted by Gasteiger charge is -2.10. The number of benzene rings is 1. The van der Waals surface area contributed by atoms with Crippen LogP contribution >= 0.6 is 0 Å². The topological polar surface area (TPSA) is 89.7 Å². The van der Waals surface area contributed by atoms with E-state index in [2.05, 4.69) is 25.7 Å². The van der Waals surface area contributed by atoms with E-state index in [0.717, 1.165) is 17.2 Å². The van der Waals surface area contributed by atoms with Crippen molar-refractivity contribution in [2.45, 2.75) is 13.5 Å². The van der Waals surface area contributed by atoms with Gasteiger partial charge in [0.25, 0.3) is 0 Å². The molecular weight excluding hydrogens is 373 g/mol. The van der Waals surface area contributed by atoms with Crippen molar-refractivity contribution in [3.63, 3.8) is 0 Å². The number of urea groups is 1. The number of nitrogens with zero attached hydrogens (tertiary/aromatic N) is 5. The number of imidazole rings is 1. The summed E-state index contributed by atoms with van der Waals surface area (Å²) in [6.07, 6.45) is 8.41. The summed E-state index contributed by atoms with van der Waals surface area (Å²) in [7, 11) is 0. The number of hydrogen-bond acceptors (Lipinski definition) is 4. The second-order valence-electron chi connectivity index (χ2n) is 6.29. The fraction of sp³-hybridized carbons (Fsp3) is 0.100. The van der Waals surface area contributed by atoms with Gasteiger partial charge < -0.3 is 10.6 Å². The Bertz CT molecular complexity index is 1140. The molecule has 1 aromatic carbocycles. The molecule has 2 amide bonds. The molecule has 0 saturated carbocycles. The van der Waals surface area contributed by atoms with Crippen LogP contribution in [0.2, 0.25) is 0 Å². The number of aromatic nitrogens is 5. The molecule has 0 aliphatic carbocycles. The predicted octanol–water partition coefficient (Wildman–Crippen LogP) is 3.22. The van der Waals surface area contributed by atoms with Gasteiger partial charge in [-0.25, -0.2) is 23.8 Å². The Labute approximate surface area is 166 Å². The van der Waals surface area contributed by atoms with E-state index in [1.54, 1.807) is 43.0 Å². The minimum absolute atomic E-state index is 0.295. The number of anilines is 1. The molecule has 0 aliphatic rings. The van der Waals surface area contributed by atoms with Crippen molar-refractivity contribution in [1.29, 1.82) is 0 Å². The molecule has 0 atom stereocenters. The van der Waals surface area contributed by atoms with Crippen LogP contribution in [0.5, 0.6) is 0 Å². The van der Waals surface area contributed by atoms with Gasteiger partial charge in [0, 0.05) is 43.2 Å². The summed E-state index contributed by atoms with van der Waals surface area (Å²) in [5.41, 5.74) is 1.53. The number of halogens is 1. The van der Waals surface area contributed by atoms with E-state index in [0.29, 0.717) is 17.9 Å². The first-order valence-electron chi connectivity index (χ1n) is 8.90. The van der Waals surface area contributed by atoms with Crippen molar-refractivity contribution in [2.75, 3.05) is 5.32 Å². The highest BCUT2D eigenvalue weighted by Gasteiger charge is 2.09. The molecule has 4 rings (SSSR count). The summed E-state index contributed by atoms with van der Waals surface area (Å²) in [6.45, 7) is 2.18. The zero-order chi connectivity index (χ0) is 20.2. The zero-order valence-corrected chi connectivity index (χ0v) is 15.6. The maximum atomic E-state index is 14.3. The van der Waals surface area contributed by atoms with Crippen molar-refractivity contribution in [2.24, 2.45) is 0 Å². The second-order valence-corrected chi connectivity index (χ2v) is 6.29. The first-order chi connectivity index (χ1) is 14.1. The summed E-state index contributed by atoms with van der Waals surface area (Å²) in [5.74, 6) is 1.05. The molecule has 0 saturated heterocycles. The summed E-state index contributed by atoms with van der Waals surface area (Å²) >= 11 is 0. The van der Waals surface area contributed by atoms with Crippen LogP contribution in [0.3, 0.4) is 0 Å². The maximum Gasteiger partial charge on any atom is 0.319 e. The Morgan fingerprint density at radius 3 is 2.72 bits per heavy atom. The number of aryl methyl sites for hydroxylation is 1. The lowest BCUT2D eigenvalue weighted by molar-refractivity contribution is 0.251. The lowest BCUT2D eigenvalue weighted by atomic mass is 10.2. The largest absolute Gasteiger partial charge is 0.334 e. The van der Waals surface area contributed by atoms with Gasteiger partial charge in [-0.2, -0.15) is 5.10 Å². The molecule has 3 heterocycles. The Morgan fingerprint density at radius 1 is 1.10 bits per heavy atom. The van der Waals surface area contributed by atoms with E-state index in [-0.39, 0.29) is 0 Å². The van der Waals surface area contributed by atoms with Gasteiger partial charge in [-0.15, -0.1) is 0 Å². The van der Waals surface area contributed by atoms with E-state index in [1.165, 1.54) is 10.7 Å². The molecule has 8 nitrogen and oxygen atoms in total. The Hall–Kier alpha value is -4.01. The van der Waals surface area contributed by atoms with Gasteiger partial charge in [-0.05, 0) is 48.9 Å². The monoisotopic (exact) mass is 391 g/mol. The van der Waals surface area contributed by atoms with Gasteiger partial charge >= 0.3 is 6.03 Å². The SMILES string of the molecule is Cc1nccn1-c1cc(CNC(=O)Nc2ccc(-n3cccn3)c(F)c2)ccn1. The zero-order valence-electron chi connectivity index (χ0n) is 15.6. The van der Waals surface area contributed by atoms with Crippen LogP contribution in [-0.2, 0) is 6.54 Å². The molecule has 146 valence electrons. The lowest BCUT2D eigenvalue weighted by Crippen LogP contribution is -2.28. The van der Waals surface area contributed by atoms with Crippen LogP contribution in [-0.4, -0.2) is 30.3 Å². The van der Waals surface area contributed by atoms with Crippen LogP contribution in [0, 0.1) is 12.7 Å². The van der Waals surface area contributed by atoms with E-state index in [1.807, 2.05) is 29.8 Å². The van der Waals surface area contributed by atoms with Crippen LogP contribution in [0.1, 0.15) is 11.4 Å². The second kappa shape index (κ2) is 7.93. The molecule has 2 N–H and O–H groups in total. The number of pyridine rings is 1. The number of hydrogen-bond donors (Lipinski definition) is 2. The fourth-order valence-electron chi connectivity index (χ4n) is 2.86. The summed E-state index contributed by atoms with van der Waals surface area (Å²) in [6, 6.07) is 9.38. The molecule has 0 radical (unpaired) electrons. The first-order valence-corrected chi connectivity index (χ1v) is 8.90. The third kappa shape index (κ3) is 4.13. The minimum Gasteiger partial charge on any atom is -0.334 e. The number of carbonyl (C=O) groups excluding carboxylic acids is 1. The third-order valence-electron chi connectivity index (χ3n) is 4.29. The number of rotatable bonds is 5. The third-order valence-corrected chi connectivity index (χ3v) is 4.29. The molecule has 0 unspecified atom stereocenters. The molecule has 0 aliphatic heterocycles. The van der Waals surface area contributed by atoms with Crippen LogP contribution in [0.15, 0.2) is 67.4 Å². The van der Waals surface area contributed by atoms with Crippen molar-refractivity contribution in [3.8, 4) is 11.5 Å². The Balaban J connectivity index is 1.38. The molecule has 9 heteroatoms. The van der Waals surface area contributed by atoms with E-state index >= 15 is 0 Å². The predicted molar refractivity (Wildman–Crippen MR) is 105 cm³/mol. The summed E-state index contributed by atoms with van der Waals surface area (Å²) in [4.78, 5) is 20.7. The standard InChI is InChI=1S/C20H18FN7O/c1-14-22-8-10-27(14)19-11-15(5-7-23-19)13-24-20(29)26-16-3-4-18(17(21)12-16)28-9-2-6-25-28/h2-12H,13H2,1H3,(H2,24,26,29). The van der Waals surface area contributed by atoms with Crippen molar-refractivity contribution >= 4 is 11.7 Å². The smallest absolute Gasteiger partial charge is 0.319 e. The molecule has 4 aromatic rings. The quantitative estimate of drug-likeness (QED) is 0.547. The average molecular weight is 391 g/mol. The average Bonchev–Trinajstić information content (AvgIpc) is 3.39. The van der Waals surface area contributed by atoms with Gasteiger partial charge in [0.05, 0.1) is 0 Å². The molecule has 0 fully saturated rings. The van der Waals surface area contributed by atoms with Gasteiger partial charge in [-0.1, -0.05) is 0 Å². The van der Waals surface area contributed by atoms with Gasteiger partial charge in [0.2, 0.25) is 0 Å². The minimum atomic E-state index is -0.485. The Morgan fingerprint density at radius 2 is 2.00 bits per heavy atom. The Kier molecular flexibility index (Phi) is 5.02. The number of amides is 2. The normalized spacial score (nSPS) is 10.7.